The van der Waals surface area contributed by atoms with Gasteiger partial charge >= 0.3 is 0 Å². The lowest BCUT2D eigenvalue weighted by atomic mass is 10.1. The second kappa shape index (κ2) is 6.62. The highest BCUT2D eigenvalue weighted by Gasteiger charge is 2.15. The van der Waals surface area contributed by atoms with Crippen LogP contribution in [0.5, 0.6) is 5.75 Å². The van der Waals surface area contributed by atoms with Gasteiger partial charge in [-0.25, -0.2) is 9.38 Å². The summed E-state index contributed by atoms with van der Waals surface area (Å²) >= 11 is 1.53. The number of hydrogen-bond donors (Lipinski definition) is 1. The lowest BCUT2D eigenvalue weighted by Gasteiger charge is -2.15. The summed E-state index contributed by atoms with van der Waals surface area (Å²) in [6.07, 6.45) is 0. The summed E-state index contributed by atoms with van der Waals surface area (Å²) < 4.78 is 18.7. The van der Waals surface area contributed by atoms with Crippen LogP contribution in [0.3, 0.4) is 0 Å². The van der Waals surface area contributed by atoms with Crippen molar-refractivity contribution >= 4 is 28.3 Å². The van der Waals surface area contributed by atoms with E-state index in [-0.39, 0.29) is 5.75 Å². The van der Waals surface area contributed by atoms with Crippen LogP contribution >= 0.6 is 11.8 Å². The van der Waals surface area contributed by atoms with Gasteiger partial charge in [-0.15, -0.1) is 0 Å². The number of amidine groups is 1. The monoisotopic (exact) mass is 315 g/mol. The van der Waals surface area contributed by atoms with E-state index < -0.39 is 5.82 Å². The van der Waals surface area contributed by atoms with Crippen LogP contribution in [0.25, 0.3) is 0 Å². The average Bonchev–Trinajstić information content (AvgIpc) is 2.56. The minimum Gasteiger partial charge on any atom is -0.494 e. The number of benzene rings is 2. The molecule has 0 saturated heterocycles. The molecular formula is C16H14FN3OS. The minimum atomic E-state index is -0.392. The zero-order chi connectivity index (χ0) is 15.4. The molecule has 1 N–H and O–H groups in total. The van der Waals surface area contributed by atoms with Crippen LogP contribution in [-0.2, 0) is 0 Å². The molecule has 0 bridgehead atoms. The molecular weight excluding hydrogens is 301 g/mol. The maximum absolute atomic E-state index is 13.7. The van der Waals surface area contributed by atoms with Gasteiger partial charge in [-0.2, -0.15) is 5.10 Å². The smallest absolute Gasteiger partial charge is 0.182 e. The minimum absolute atomic E-state index is 0.229. The number of thioether (sulfide) groups is 1. The number of rotatable bonds is 3. The third-order valence-corrected chi connectivity index (χ3v) is 3.98. The molecule has 0 atom stereocenters. The number of nitrogens with zero attached hydrogens (tertiary/aromatic N) is 2. The number of hydrogen-bond acceptors (Lipinski definition) is 4. The van der Waals surface area contributed by atoms with Crippen molar-refractivity contribution in [3.05, 3.63) is 59.9 Å². The fraction of sp³-hybridized carbons (Fsp3) is 0.125. The highest BCUT2D eigenvalue weighted by molar-refractivity contribution is 8.14. The number of aliphatic imine (C=N–C) groups is 1. The number of halogens is 1. The second-order valence-corrected chi connectivity index (χ2v) is 5.52. The van der Waals surface area contributed by atoms with Crippen LogP contribution in [0.1, 0.15) is 5.56 Å². The molecule has 1 heterocycles. The van der Waals surface area contributed by atoms with Crippen LogP contribution in [0.2, 0.25) is 0 Å². The molecule has 6 heteroatoms. The van der Waals surface area contributed by atoms with Gasteiger partial charge in [0.15, 0.2) is 16.7 Å². The predicted octanol–water partition coefficient (Wildman–Crippen LogP) is 3.56. The Morgan fingerprint density at radius 3 is 2.68 bits per heavy atom. The van der Waals surface area contributed by atoms with Gasteiger partial charge in [-0.05, 0) is 30.3 Å². The molecule has 3 rings (SSSR count). The lowest BCUT2D eigenvalue weighted by molar-refractivity contribution is 0.386. The molecule has 0 radical (unpaired) electrons. The summed E-state index contributed by atoms with van der Waals surface area (Å²) in [7, 11) is 1.44. The average molecular weight is 315 g/mol. The standard InChI is InChI=1S/C16H14FN3OS/c1-21-15-8-7-11(9-13(15)17)14-10-22-16(20-19-14)18-12-5-3-2-4-6-12/h2-9H,10H2,1H3,(H,18,20). The van der Waals surface area contributed by atoms with E-state index in [1.807, 2.05) is 30.3 Å². The Balaban J connectivity index is 1.76. The van der Waals surface area contributed by atoms with Gasteiger partial charge in [-0.1, -0.05) is 30.0 Å². The summed E-state index contributed by atoms with van der Waals surface area (Å²) in [4.78, 5) is 4.46. The third kappa shape index (κ3) is 3.28. The quantitative estimate of drug-likeness (QED) is 0.942. The second-order valence-electron chi connectivity index (χ2n) is 4.56. The zero-order valence-electron chi connectivity index (χ0n) is 11.9. The first-order valence-electron chi connectivity index (χ1n) is 6.69. The Morgan fingerprint density at radius 1 is 1.23 bits per heavy atom. The van der Waals surface area contributed by atoms with Crippen LogP contribution in [0.15, 0.2) is 58.6 Å². The summed E-state index contributed by atoms with van der Waals surface area (Å²) in [5.74, 6) is 0.466. The van der Waals surface area contributed by atoms with E-state index in [0.29, 0.717) is 5.75 Å². The fourth-order valence-corrected chi connectivity index (χ4v) is 2.77. The van der Waals surface area contributed by atoms with E-state index in [9.17, 15) is 4.39 Å². The first-order valence-corrected chi connectivity index (χ1v) is 7.68. The normalized spacial score (nSPS) is 16.1. The maximum atomic E-state index is 13.7. The Bertz CT molecular complexity index is 731. The molecule has 2 aromatic carbocycles. The molecule has 0 aromatic heterocycles. The molecule has 0 amide bonds. The van der Waals surface area contributed by atoms with Gasteiger partial charge < -0.3 is 4.74 Å². The van der Waals surface area contributed by atoms with Crippen molar-refractivity contribution in [3.8, 4) is 5.75 Å². The molecule has 0 fully saturated rings. The van der Waals surface area contributed by atoms with Crippen molar-refractivity contribution in [2.75, 3.05) is 12.9 Å². The summed E-state index contributed by atoms with van der Waals surface area (Å²) in [6.45, 7) is 0. The summed E-state index contributed by atoms with van der Waals surface area (Å²) in [6, 6.07) is 14.5. The van der Waals surface area contributed by atoms with Crippen molar-refractivity contribution in [1.29, 1.82) is 0 Å². The topological polar surface area (TPSA) is 46.0 Å². The first kappa shape index (κ1) is 14.6. The van der Waals surface area contributed by atoms with E-state index in [1.54, 1.807) is 12.1 Å². The van der Waals surface area contributed by atoms with Crippen LogP contribution in [-0.4, -0.2) is 23.7 Å². The van der Waals surface area contributed by atoms with Crippen molar-refractivity contribution < 1.29 is 9.13 Å². The Labute approximate surface area is 132 Å². The number of nitrogens with one attached hydrogen (secondary N) is 1. The number of methoxy groups -OCH3 is 1. The van der Waals surface area contributed by atoms with E-state index in [2.05, 4.69) is 15.5 Å². The summed E-state index contributed by atoms with van der Waals surface area (Å²) in [5, 5.41) is 5.01. The number of ether oxygens (including phenoxy) is 1. The Kier molecular flexibility index (Phi) is 4.39. The molecule has 0 saturated carbocycles. The predicted molar refractivity (Wildman–Crippen MR) is 88.6 cm³/mol. The molecule has 4 nitrogen and oxygen atoms in total. The van der Waals surface area contributed by atoms with Crippen molar-refractivity contribution in [2.45, 2.75) is 0 Å². The Morgan fingerprint density at radius 2 is 2.05 bits per heavy atom. The van der Waals surface area contributed by atoms with Crippen LogP contribution in [0.4, 0.5) is 10.1 Å². The van der Waals surface area contributed by atoms with Crippen molar-refractivity contribution in [3.63, 3.8) is 0 Å². The van der Waals surface area contributed by atoms with Gasteiger partial charge in [0.25, 0.3) is 0 Å². The van der Waals surface area contributed by atoms with Gasteiger partial charge in [0.05, 0.1) is 18.5 Å². The molecule has 0 aliphatic carbocycles. The van der Waals surface area contributed by atoms with Crippen LogP contribution < -0.4 is 10.2 Å². The van der Waals surface area contributed by atoms with E-state index in [1.165, 1.54) is 24.9 Å². The fourth-order valence-electron chi connectivity index (χ4n) is 1.99. The summed E-state index contributed by atoms with van der Waals surface area (Å²) in [5.41, 5.74) is 5.29. The largest absolute Gasteiger partial charge is 0.494 e. The third-order valence-electron chi connectivity index (χ3n) is 3.10. The van der Waals surface area contributed by atoms with Crippen molar-refractivity contribution in [1.82, 2.24) is 5.43 Å². The highest BCUT2D eigenvalue weighted by atomic mass is 32.2. The van der Waals surface area contributed by atoms with Crippen molar-refractivity contribution in [2.24, 2.45) is 10.1 Å². The zero-order valence-corrected chi connectivity index (χ0v) is 12.7. The number of para-hydroxylation sites is 1. The highest BCUT2D eigenvalue weighted by Crippen LogP contribution is 2.21. The molecule has 0 unspecified atom stereocenters. The van der Waals surface area contributed by atoms with Gasteiger partial charge in [0, 0.05) is 11.3 Å². The maximum Gasteiger partial charge on any atom is 0.182 e. The molecule has 1 aliphatic heterocycles. The van der Waals surface area contributed by atoms with Gasteiger partial charge in [0.1, 0.15) is 0 Å². The molecule has 112 valence electrons. The molecule has 22 heavy (non-hydrogen) atoms. The number of hydrazone groups is 1. The van der Waals surface area contributed by atoms with Gasteiger partial charge in [0.2, 0.25) is 0 Å². The van der Waals surface area contributed by atoms with E-state index in [4.69, 9.17) is 4.74 Å². The van der Waals surface area contributed by atoms with Crippen LogP contribution in [0, 0.1) is 5.82 Å². The molecule has 2 aromatic rings. The Hall–Kier alpha value is -2.34. The lowest BCUT2D eigenvalue weighted by Crippen LogP contribution is -2.25. The molecule has 0 spiro atoms. The first-order chi connectivity index (χ1) is 10.8. The molecule has 1 aliphatic rings. The van der Waals surface area contributed by atoms with Gasteiger partial charge in [-0.3, -0.25) is 5.43 Å². The van der Waals surface area contributed by atoms with E-state index >= 15 is 0 Å². The van der Waals surface area contributed by atoms with E-state index in [0.717, 1.165) is 22.1 Å². The SMILES string of the molecule is COc1ccc(C2=NNC(=Nc3ccccc3)SC2)cc1F.